The Kier molecular flexibility index (Phi) is 6.71. The zero-order valence-corrected chi connectivity index (χ0v) is 18.4. The summed E-state index contributed by atoms with van der Waals surface area (Å²) in [7, 11) is 1.21. The second-order valence-corrected chi connectivity index (χ2v) is 7.47. The van der Waals surface area contributed by atoms with E-state index in [1.165, 1.54) is 36.8 Å². The number of hydrazone groups is 1. The lowest BCUT2D eigenvalue weighted by Crippen LogP contribution is -2.48. The highest BCUT2D eigenvalue weighted by Gasteiger charge is 2.34. The van der Waals surface area contributed by atoms with Crippen LogP contribution in [0.15, 0.2) is 66.2 Å². The first kappa shape index (κ1) is 23.8. The van der Waals surface area contributed by atoms with Gasteiger partial charge in [-0.2, -0.15) is 5.10 Å². The summed E-state index contributed by atoms with van der Waals surface area (Å²) in [6, 6.07) is 11.6. The Balaban J connectivity index is 1.72. The molecule has 0 saturated carbocycles. The maximum Gasteiger partial charge on any atom is 0.573 e. The largest absolute Gasteiger partial charge is 0.573 e. The summed E-state index contributed by atoms with van der Waals surface area (Å²) in [6.07, 6.45) is -2.01. The van der Waals surface area contributed by atoms with Gasteiger partial charge in [0, 0.05) is 17.7 Å². The Morgan fingerprint density at radius 1 is 1.14 bits per heavy atom. The number of nitrogens with one attached hydrogen (secondary N) is 2. The molecule has 0 aliphatic carbocycles. The van der Waals surface area contributed by atoms with Crippen molar-refractivity contribution in [2.24, 2.45) is 5.10 Å². The summed E-state index contributed by atoms with van der Waals surface area (Å²) in [5, 5.41) is 8.43. The number of imidazole rings is 1. The van der Waals surface area contributed by atoms with E-state index in [1.807, 2.05) is 0 Å². The number of carbonyl (C=O) groups excluding carboxylic acids is 2. The molecule has 1 aromatic heterocycles. The van der Waals surface area contributed by atoms with E-state index in [1.54, 1.807) is 30.3 Å². The lowest BCUT2D eigenvalue weighted by atomic mass is 9.98. The smallest absolute Gasteiger partial charge is 0.493 e. The molecular formula is C23H20F3N5O4. The van der Waals surface area contributed by atoms with Gasteiger partial charge in [-0.3, -0.25) is 9.59 Å². The van der Waals surface area contributed by atoms with E-state index < -0.39 is 24.1 Å². The number of aromatic nitrogens is 2. The molecule has 1 unspecified atom stereocenters. The van der Waals surface area contributed by atoms with Crippen molar-refractivity contribution in [3.05, 3.63) is 77.9 Å². The number of hydrogen-bond donors (Lipinski definition) is 2. The Morgan fingerprint density at radius 3 is 2.57 bits per heavy atom. The van der Waals surface area contributed by atoms with Crippen molar-refractivity contribution < 1.29 is 32.2 Å². The number of halogens is 3. The first-order valence-corrected chi connectivity index (χ1v) is 10.4. The monoisotopic (exact) mass is 487 g/mol. The molecule has 4 rings (SSSR count). The van der Waals surface area contributed by atoms with Crippen molar-refractivity contribution in [1.82, 2.24) is 20.3 Å². The molecular weight excluding hydrogens is 467 g/mol. The summed E-state index contributed by atoms with van der Waals surface area (Å²) in [5.41, 5.74) is 0.989. The normalized spacial score (nSPS) is 15.8. The second kappa shape index (κ2) is 9.87. The van der Waals surface area contributed by atoms with Crippen LogP contribution in [-0.2, 0) is 0 Å². The van der Waals surface area contributed by atoms with Crippen LogP contribution < -0.4 is 14.8 Å². The lowest BCUT2D eigenvalue weighted by Gasteiger charge is -2.30. The molecule has 2 amide bonds. The number of amides is 2. The number of nitrogens with zero attached hydrogens (tertiary/aromatic N) is 3. The fraction of sp³-hybridized carbons (Fsp3) is 0.217. The number of carbonyl (C=O) groups is 2. The number of methoxy groups -OCH3 is 1. The number of benzene rings is 2. The third-order valence-corrected chi connectivity index (χ3v) is 5.18. The molecule has 2 aromatic carbocycles. The molecule has 9 nitrogen and oxygen atoms in total. The van der Waals surface area contributed by atoms with Gasteiger partial charge in [-0.1, -0.05) is 18.2 Å². The van der Waals surface area contributed by atoms with Gasteiger partial charge in [0.05, 0.1) is 31.4 Å². The van der Waals surface area contributed by atoms with E-state index >= 15 is 0 Å². The van der Waals surface area contributed by atoms with Crippen LogP contribution in [0.1, 0.15) is 32.8 Å². The number of aromatic amines is 1. The Hall–Kier alpha value is -4.35. The van der Waals surface area contributed by atoms with Crippen LogP contribution in [0.3, 0.4) is 0 Å². The summed E-state index contributed by atoms with van der Waals surface area (Å²) in [4.78, 5) is 32.1. The number of hydrogen-bond acceptors (Lipinski definition) is 6. The maximum absolute atomic E-state index is 13.0. The van der Waals surface area contributed by atoms with Crippen LogP contribution in [-0.4, -0.2) is 58.6 Å². The van der Waals surface area contributed by atoms with E-state index in [4.69, 9.17) is 4.74 Å². The Labute approximate surface area is 197 Å². The average molecular weight is 487 g/mol. The average Bonchev–Trinajstić information content (AvgIpc) is 3.39. The summed E-state index contributed by atoms with van der Waals surface area (Å²) >= 11 is 0. The van der Waals surface area contributed by atoms with Gasteiger partial charge < -0.3 is 19.8 Å². The molecule has 1 aliphatic heterocycles. The molecule has 3 aromatic rings. The van der Waals surface area contributed by atoms with Crippen molar-refractivity contribution in [3.63, 3.8) is 0 Å². The molecule has 182 valence electrons. The SMILES string of the molecule is COc1ccc(C2=NN(C(=O)c3ccccc3)CCC2NC(=O)c2cnc[nH]2)cc1OC(F)(F)F. The van der Waals surface area contributed by atoms with Crippen LogP contribution >= 0.6 is 0 Å². The molecule has 0 fully saturated rings. The Bertz CT molecular complexity index is 1230. The third kappa shape index (κ3) is 5.60. The first-order valence-electron chi connectivity index (χ1n) is 10.4. The lowest BCUT2D eigenvalue weighted by molar-refractivity contribution is -0.275. The van der Waals surface area contributed by atoms with Crippen LogP contribution in [0, 0.1) is 0 Å². The minimum absolute atomic E-state index is 0.141. The van der Waals surface area contributed by atoms with Gasteiger partial charge in [0.2, 0.25) is 0 Å². The highest BCUT2D eigenvalue weighted by atomic mass is 19.4. The van der Waals surface area contributed by atoms with Gasteiger partial charge in [-0.25, -0.2) is 9.99 Å². The minimum atomic E-state index is -4.95. The molecule has 2 heterocycles. The highest BCUT2D eigenvalue weighted by molar-refractivity contribution is 6.08. The van der Waals surface area contributed by atoms with Crippen molar-refractivity contribution in [2.45, 2.75) is 18.8 Å². The molecule has 0 radical (unpaired) electrons. The molecule has 0 saturated heterocycles. The van der Waals surface area contributed by atoms with E-state index in [2.05, 4.69) is 25.1 Å². The van der Waals surface area contributed by atoms with Crippen LogP contribution in [0.5, 0.6) is 11.5 Å². The predicted molar refractivity (Wildman–Crippen MR) is 118 cm³/mol. The fourth-order valence-electron chi connectivity index (χ4n) is 3.57. The van der Waals surface area contributed by atoms with Crippen molar-refractivity contribution >= 4 is 17.5 Å². The number of rotatable bonds is 6. The summed E-state index contributed by atoms with van der Waals surface area (Å²) in [6.45, 7) is 0.174. The first-order chi connectivity index (χ1) is 16.7. The molecule has 12 heteroatoms. The molecule has 2 N–H and O–H groups in total. The van der Waals surface area contributed by atoms with E-state index in [0.717, 1.165) is 6.07 Å². The van der Waals surface area contributed by atoms with Crippen molar-refractivity contribution in [3.8, 4) is 11.5 Å². The van der Waals surface area contributed by atoms with Crippen LogP contribution in [0.2, 0.25) is 0 Å². The standard InChI is InChI=1S/C23H20F3N5O4/c1-34-18-8-7-15(11-19(18)35-23(24,25)26)20-16(29-21(32)17-12-27-13-28-17)9-10-31(30-20)22(33)14-5-3-2-4-6-14/h2-8,11-13,16H,9-10H2,1H3,(H,27,28)(H,29,32). The molecule has 1 atom stereocenters. The zero-order valence-electron chi connectivity index (χ0n) is 18.4. The topological polar surface area (TPSA) is 109 Å². The summed E-state index contributed by atoms with van der Waals surface area (Å²) < 4.78 is 48.0. The number of ether oxygens (including phenoxy) is 2. The van der Waals surface area contributed by atoms with Crippen LogP contribution in [0.25, 0.3) is 0 Å². The second-order valence-electron chi connectivity index (χ2n) is 7.47. The maximum atomic E-state index is 13.0. The van der Waals surface area contributed by atoms with Gasteiger partial charge in [-0.15, -0.1) is 13.2 Å². The van der Waals surface area contributed by atoms with Gasteiger partial charge in [-0.05, 0) is 36.8 Å². The highest BCUT2D eigenvalue weighted by Crippen LogP contribution is 2.34. The van der Waals surface area contributed by atoms with E-state index in [9.17, 15) is 22.8 Å². The van der Waals surface area contributed by atoms with Gasteiger partial charge in [0.25, 0.3) is 11.8 Å². The molecule has 1 aliphatic rings. The number of alkyl halides is 3. The van der Waals surface area contributed by atoms with Crippen molar-refractivity contribution in [1.29, 1.82) is 0 Å². The molecule has 0 spiro atoms. The van der Waals surface area contributed by atoms with Gasteiger partial charge in [0.1, 0.15) is 5.69 Å². The zero-order chi connectivity index (χ0) is 25.0. The van der Waals surface area contributed by atoms with E-state index in [0.29, 0.717) is 5.56 Å². The quantitative estimate of drug-likeness (QED) is 0.554. The van der Waals surface area contributed by atoms with Gasteiger partial charge in [0.15, 0.2) is 11.5 Å². The van der Waals surface area contributed by atoms with Gasteiger partial charge >= 0.3 is 6.36 Å². The summed E-state index contributed by atoms with van der Waals surface area (Å²) in [5.74, 6) is -1.59. The molecule has 35 heavy (non-hydrogen) atoms. The molecule has 0 bridgehead atoms. The number of H-pyrrole nitrogens is 1. The Morgan fingerprint density at radius 2 is 1.91 bits per heavy atom. The fourth-order valence-corrected chi connectivity index (χ4v) is 3.57. The minimum Gasteiger partial charge on any atom is -0.493 e. The third-order valence-electron chi connectivity index (χ3n) is 5.18. The van der Waals surface area contributed by atoms with Crippen LogP contribution in [0.4, 0.5) is 13.2 Å². The van der Waals surface area contributed by atoms with E-state index in [-0.39, 0.29) is 41.6 Å². The predicted octanol–water partition coefficient (Wildman–Crippen LogP) is 3.37. The van der Waals surface area contributed by atoms with Crippen molar-refractivity contribution in [2.75, 3.05) is 13.7 Å².